The summed E-state index contributed by atoms with van der Waals surface area (Å²) < 4.78 is 5.41. The highest BCUT2D eigenvalue weighted by molar-refractivity contribution is 5.70. The topological polar surface area (TPSA) is 29.5 Å². The molecule has 0 saturated carbocycles. The van der Waals surface area contributed by atoms with Crippen molar-refractivity contribution in [2.24, 2.45) is 5.92 Å². The molecule has 1 aliphatic rings. The largest absolute Gasteiger partial charge is 0.444 e. The summed E-state index contributed by atoms with van der Waals surface area (Å²) in [5.74, 6) is 0.356. The molecule has 2 rings (SSSR count). The van der Waals surface area contributed by atoms with Gasteiger partial charge in [-0.2, -0.15) is 0 Å². The van der Waals surface area contributed by atoms with Crippen LogP contribution < -0.4 is 0 Å². The predicted octanol–water partition coefficient (Wildman–Crippen LogP) is 3.05. The molecule has 0 spiro atoms. The molecule has 92 valence electrons. The van der Waals surface area contributed by atoms with Gasteiger partial charge >= 0.3 is 6.09 Å². The molecule has 1 aromatic carbocycles. The van der Waals surface area contributed by atoms with Crippen LogP contribution in [-0.2, 0) is 11.3 Å². The second kappa shape index (κ2) is 4.78. The number of hydrogen-bond acceptors (Lipinski definition) is 2. The lowest BCUT2D eigenvalue weighted by Gasteiger charge is -2.22. The number of ether oxygens (including phenoxy) is 1. The first-order valence-electron chi connectivity index (χ1n) is 6.10. The zero-order chi connectivity index (χ0) is 12.4. The van der Waals surface area contributed by atoms with Gasteiger partial charge in [-0.15, -0.1) is 0 Å². The summed E-state index contributed by atoms with van der Waals surface area (Å²) in [5, 5.41) is 0. The average molecular weight is 233 g/mol. The van der Waals surface area contributed by atoms with E-state index in [-0.39, 0.29) is 18.2 Å². The van der Waals surface area contributed by atoms with E-state index in [0.717, 1.165) is 5.56 Å². The molecule has 0 aromatic heterocycles. The summed E-state index contributed by atoms with van der Waals surface area (Å²) in [4.78, 5) is 13.6. The van der Waals surface area contributed by atoms with Crippen LogP contribution in [-0.4, -0.2) is 23.1 Å². The first-order chi connectivity index (χ1) is 8.09. The Labute approximate surface area is 102 Å². The van der Waals surface area contributed by atoms with E-state index in [4.69, 9.17) is 4.74 Å². The third kappa shape index (κ3) is 2.43. The molecular weight excluding hydrogens is 214 g/mol. The van der Waals surface area contributed by atoms with Crippen molar-refractivity contribution in [1.82, 2.24) is 4.90 Å². The van der Waals surface area contributed by atoms with Gasteiger partial charge in [-0.05, 0) is 18.4 Å². The second-order valence-electron chi connectivity index (χ2n) is 4.95. The van der Waals surface area contributed by atoms with Crippen LogP contribution in [0.15, 0.2) is 30.3 Å². The van der Waals surface area contributed by atoms with Crippen LogP contribution in [0.3, 0.4) is 0 Å². The minimum absolute atomic E-state index is 0.00575. The molecule has 0 radical (unpaired) electrons. The zero-order valence-electron chi connectivity index (χ0n) is 10.6. The van der Waals surface area contributed by atoms with Crippen molar-refractivity contribution in [3.63, 3.8) is 0 Å². The molecule has 3 heteroatoms. The van der Waals surface area contributed by atoms with Gasteiger partial charge in [-0.1, -0.05) is 44.2 Å². The van der Waals surface area contributed by atoms with Crippen LogP contribution >= 0.6 is 0 Å². The van der Waals surface area contributed by atoms with Crippen molar-refractivity contribution >= 4 is 6.09 Å². The summed E-state index contributed by atoms with van der Waals surface area (Å²) in [6, 6.07) is 10.2. The highest BCUT2D eigenvalue weighted by Gasteiger charge is 2.39. The van der Waals surface area contributed by atoms with Gasteiger partial charge < -0.3 is 4.74 Å². The Morgan fingerprint density at radius 2 is 1.94 bits per heavy atom. The van der Waals surface area contributed by atoms with Crippen molar-refractivity contribution in [2.75, 3.05) is 0 Å². The van der Waals surface area contributed by atoms with Gasteiger partial charge in [0.2, 0.25) is 0 Å². The summed E-state index contributed by atoms with van der Waals surface area (Å²) >= 11 is 0. The molecule has 1 aromatic rings. The minimum atomic E-state index is -0.194. The fourth-order valence-corrected chi connectivity index (χ4v) is 2.31. The number of carbonyl (C=O) groups is 1. The number of cyclic esters (lactones) is 1. The maximum atomic E-state index is 11.8. The van der Waals surface area contributed by atoms with Gasteiger partial charge in [-0.3, -0.25) is 4.90 Å². The minimum Gasteiger partial charge on any atom is -0.444 e. The van der Waals surface area contributed by atoms with Crippen LogP contribution in [0, 0.1) is 5.92 Å². The summed E-state index contributed by atoms with van der Waals surface area (Å²) in [6.45, 7) is 6.85. The van der Waals surface area contributed by atoms with Crippen LogP contribution in [0.25, 0.3) is 0 Å². The quantitative estimate of drug-likeness (QED) is 0.803. The number of hydrogen-bond donors (Lipinski definition) is 0. The van der Waals surface area contributed by atoms with E-state index in [1.807, 2.05) is 30.3 Å². The Kier molecular flexibility index (Phi) is 3.36. The second-order valence-corrected chi connectivity index (χ2v) is 4.95. The highest BCUT2D eigenvalue weighted by atomic mass is 16.6. The normalized spacial score (nSPS) is 24.2. The molecule has 1 amide bonds. The van der Waals surface area contributed by atoms with E-state index in [9.17, 15) is 4.79 Å². The Morgan fingerprint density at radius 3 is 2.47 bits per heavy atom. The standard InChI is InChI=1S/C14H19NO2/c1-10(2)13-11(3)15(14(16)17-13)9-12-7-5-4-6-8-12/h4-8,10-11,13H,9H2,1-3H3/t11-,13?/m1/s1. The lowest BCUT2D eigenvalue weighted by atomic mass is 10.0. The molecule has 17 heavy (non-hydrogen) atoms. The average Bonchev–Trinajstić information content (AvgIpc) is 2.58. The van der Waals surface area contributed by atoms with Gasteiger partial charge in [0, 0.05) is 6.54 Å². The maximum absolute atomic E-state index is 11.8. The van der Waals surface area contributed by atoms with Gasteiger partial charge in [0.05, 0.1) is 6.04 Å². The molecule has 1 aliphatic heterocycles. The monoisotopic (exact) mass is 233 g/mol. The SMILES string of the molecule is CC(C)C1OC(=O)N(Cc2ccccc2)[C@@H]1C. The van der Waals surface area contributed by atoms with Crippen LogP contribution in [0.5, 0.6) is 0 Å². The molecular formula is C14H19NO2. The van der Waals surface area contributed by atoms with E-state index >= 15 is 0 Å². The smallest absolute Gasteiger partial charge is 0.410 e. The highest BCUT2D eigenvalue weighted by Crippen LogP contribution is 2.26. The van der Waals surface area contributed by atoms with Gasteiger partial charge in [0.15, 0.2) is 0 Å². The molecule has 0 N–H and O–H groups in total. The molecule has 3 nitrogen and oxygen atoms in total. The van der Waals surface area contributed by atoms with E-state index in [1.54, 1.807) is 4.90 Å². The van der Waals surface area contributed by atoms with Crippen molar-refractivity contribution in [2.45, 2.75) is 39.5 Å². The Balaban J connectivity index is 2.09. The van der Waals surface area contributed by atoms with Crippen LogP contribution in [0.4, 0.5) is 4.79 Å². The molecule has 0 aliphatic carbocycles. The van der Waals surface area contributed by atoms with Crippen molar-refractivity contribution in [1.29, 1.82) is 0 Å². The van der Waals surface area contributed by atoms with Gasteiger partial charge in [-0.25, -0.2) is 4.79 Å². The third-order valence-corrected chi connectivity index (χ3v) is 3.29. The fraction of sp³-hybridized carbons (Fsp3) is 0.500. The summed E-state index contributed by atoms with van der Waals surface area (Å²) in [5.41, 5.74) is 1.14. The Morgan fingerprint density at radius 1 is 1.29 bits per heavy atom. The number of benzene rings is 1. The zero-order valence-corrected chi connectivity index (χ0v) is 10.6. The fourth-order valence-electron chi connectivity index (χ4n) is 2.31. The molecule has 1 unspecified atom stereocenters. The summed E-state index contributed by atoms with van der Waals surface area (Å²) in [6.07, 6.45) is -0.189. The number of nitrogens with zero attached hydrogens (tertiary/aromatic N) is 1. The van der Waals surface area contributed by atoms with E-state index < -0.39 is 0 Å². The van der Waals surface area contributed by atoms with E-state index in [0.29, 0.717) is 12.5 Å². The lowest BCUT2D eigenvalue weighted by molar-refractivity contribution is 0.104. The third-order valence-electron chi connectivity index (χ3n) is 3.29. The molecule has 0 bridgehead atoms. The summed E-state index contributed by atoms with van der Waals surface area (Å²) in [7, 11) is 0. The predicted molar refractivity (Wildman–Crippen MR) is 66.6 cm³/mol. The number of carbonyl (C=O) groups excluding carboxylic acids is 1. The van der Waals surface area contributed by atoms with Crippen molar-refractivity contribution in [3.8, 4) is 0 Å². The van der Waals surface area contributed by atoms with E-state index in [2.05, 4.69) is 20.8 Å². The van der Waals surface area contributed by atoms with Crippen LogP contribution in [0.1, 0.15) is 26.3 Å². The van der Waals surface area contributed by atoms with E-state index in [1.165, 1.54) is 0 Å². The first kappa shape index (κ1) is 12.0. The van der Waals surface area contributed by atoms with Gasteiger partial charge in [0.1, 0.15) is 6.10 Å². The molecule has 1 saturated heterocycles. The number of amides is 1. The first-order valence-corrected chi connectivity index (χ1v) is 6.10. The maximum Gasteiger partial charge on any atom is 0.410 e. The molecule has 1 heterocycles. The Hall–Kier alpha value is -1.51. The van der Waals surface area contributed by atoms with Crippen molar-refractivity contribution in [3.05, 3.63) is 35.9 Å². The van der Waals surface area contributed by atoms with Gasteiger partial charge in [0.25, 0.3) is 0 Å². The lowest BCUT2D eigenvalue weighted by Crippen LogP contribution is -2.35. The number of rotatable bonds is 3. The molecule has 1 fully saturated rings. The molecule has 2 atom stereocenters. The van der Waals surface area contributed by atoms with Crippen molar-refractivity contribution < 1.29 is 9.53 Å². The van der Waals surface area contributed by atoms with Crippen LogP contribution in [0.2, 0.25) is 0 Å². The Bertz CT molecular complexity index is 388.